The van der Waals surface area contributed by atoms with Crippen LogP contribution in [0.3, 0.4) is 0 Å². The van der Waals surface area contributed by atoms with Gasteiger partial charge in [0.25, 0.3) is 0 Å². The molecule has 1 aliphatic heterocycles. The van der Waals surface area contributed by atoms with Crippen molar-refractivity contribution in [3.63, 3.8) is 0 Å². The summed E-state index contributed by atoms with van der Waals surface area (Å²) in [7, 11) is 0. The van der Waals surface area contributed by atoms with E-state index in [4.69, 9.17) is 4.74 Å². The summed E-state index contributed by atoms with van der Waals surface area (Å²) in [4.78, 5) is 24.3. The van der Waals surface area contributed by atoms with Crippen LogP contribution in [0.5, 0.6) is 0 Å². The number of thioether (sulfide) groups is 1. The summed E-state index contributed by atoms with van der Waals surface area (Å²) in [5.74, 6) is 2.58. The van der Waals surface area contributed by atoms with Crippen LogP contribution >= 0.6 is 11.8 Å². The minimum Gasteiger partial charge on any atom is -0.458 e. The van der Waals surface area contributed by atoms with E-state index in [2.05, 4.69) is 32.9 Å². The lowest BCUT2D eigenvalue weighted by Gasteiger charge is -2.56. The molecule has 4 aliphatic carbocycles. The quantitative estimate of drug-likeness (QED) is 0.469. The molecule has 1 heterocycles. The summed E-state index contributed by atoms with van der Waals surface area (Å²) in [6.45, 7) is 7.03. The van der Waals surface area contributed by atoms with Crippen molar-refractivity contribution in [2.45, 2.75) is 83.0 Å². The van der Waals surface area contributed by atoms with E-state index in [1.54, 1.807) is 5.57 Å². The normalized spacial score (nSPS) is 47.2. The summed E-state index contributed by atoms with van der Waals surface area (Å²) < 4.78 is 6.07. The lowest BCUT2D eigenvalue weighted by atomic mass is 9.51. The topological polar surface area (TPSA) is 43.4 Å². The van der Waals surface area contributed by atoms with Gasteiger partial charge in [-0.15, -0.1) is 0 Å². The van der Waals surface area contributed by atoms with Crippen molar-refractivity contribution >= 4 is 23.5 Å². The maximum atomic E-state index is 12.2. The smallest absolute Gasteiger partial charge is 0.306 e. The Morgan fingerprint density at radius 3 is 2.71 bits per heavy atom. The van der Waals surface area contributed by atoms with Crippen LogP contribution in [0.2, 0.25) is 0 Å². The van der Waals surface area contributed by atoms with Crippen molar-refractivity contribution in [2.75, 3.05) is 5.75 Å². The molecule has 0 aromatic rings. The van der Waals surface area contributed by atoms with Crippen molar-refractivity contribution < 1.29 is 14.3 Å². The Kier molecular flexibility index (Phi) is 4.22. The second-order valence-electron chi connectivity index (χ2n) is 10.1. The molecule has 5 rings (SSSR count). The van der Waals surface area contributed by atoms with Crippen LogP contribution in [-0.4, -0.2) is 28.4 Å². The highest BCUT2D eigenvalue weighted by atomic mass is 32.2. The Balaban J connectivity index is 1.59. The van der Waals surface area contributed by atoms with Gasteiger partial charge in [-0.3, -0.25) is 9.59 Å². The van der Waals surface area contributed by atoms with Gasteiger partial charge in [0.15, 0.2) is 0 Å². The number of rotatable bonds is 2. The molecule has 0 aromatic carbocycles. The minimum absolute atomic E-state index is 0.000263. The van der Waals surface area contributed by atoms with Gasteiger partial charge < -0.3 is 4.74 Å². The number of hydrogen-bond acceptors (Lipinski definition) is 4. The SMILES string of the molecule is CCS[C@@H]1C=C2CC(=O)CC[C@]2(C)C2=CC[C@@]3(C)C(CC[C@@]34CCC(=O)O4)C21. The molecule has 5 aliphatic rings. The average molecular weight is 401 g/mol. The number of ketones is 1. The van der Waals surface area contributed by atoms with Gasteiger partial charge in [-0.25, -0.2) is 0 Å². The van der Waals surface area contributed by atoms with Crippen LogP contribution in [0.25, 0.3) is 0 Å². The van der Waals surface area contributed by atoms with Gasteiger partial charge in [0.05, 0.1) is 0 Å². The van der Waals surface area contributed by atoms with E-state index >= 15 is 0 Å². The second-order valence-corrected chi connectivity index (χ2v) is 11.5. The first-order valence-electron chi connectivity index (χ1n) is 11.1. The molecular weight excluding hydrogens is 368 g/mol. The van der Waals surface area contributed by atoms with Crippen molar-refractivity contribution in [1.82, 2.24) is 0 Å². The Morgan fingerprint density at radius 2 is 2.00 bits per heavy atom. The molecule has 0 amide bonds. The van der Waals surface area contributed by atoms with Crippen LogP contribution in [0.15, 0.2) is 23.3 Å². The molecule has 6 atom stereocenters. The van der Waals surface area contributed by atoms with Gasteiger partial charge in [-0.1, -0.05) is 44.1 Å². The predicted molar refractivity (Wildman–Crippen MR) is 112 cm³/mol. The molecule has 2 unspecified atom stereocenters. The lowest BCUT2D eigenvalue weighted by Crippen LogP contribution is -2.52. The fourth-order valence-electron chi connectivity index (χ4n) is 7.38. The molecule has 4 heteroatoms. The summed E-state index contributed by atoms with van der Waals surface area (Å²) in [5, 5.41) is 0.446. The Bertz CT molecular complexity index is 798. The first kappa shape index (κ1) is 19.0. The van der Waals surface area contributed by atoms with E-state index < -0.39 is 0 Å². The van der Waals surface area contributed by atoms with Crippen molar-refractivity contribution in [1.29, 1.82) is 0 Å². The zero-order valence-corrected chi connectivity index (χ0v) is 18.2. The number of esters is 1. The standard InChI is InChI=1S/C24H32O3S/c1-4-28-19-14-15-13-16(25)5-9-22(15,2)17-6-10-23(3)18(21(17)19)7-11-24(23)12-8-20(26)27-24/h6,14,18-19,21H,4-5,7-13H2,1-3H3/t18?,19-,21?,22+,23+,24-/m1/s1. The van der Waals surface area contributed by atoms with Gasteiger partial charge in [0, 0.05) is 35.3 Å². The summed E-state index contributed by atoms with van der Waals surface area (Å²) in [6, 6.07) is 0. The predicted octanol–water partition coefficient (Wildman–Crippen LogP) is 5.25. The van der Waals surface area contributed by atoms with Crippen LogP contribution in [-0.2, 0) is 14.3 Å². The zero-order valence-electron chi connectivity index (χ0n) is 17.4. The maximum Gasteiger partial charge on any atom is 0.306 e. The zero-order chi connectivity index (χ0) is 19.7. The average Bonchev–Trinajstić information content (AvgIpc) is 3.18. The molecule has 3 fully saturated rings. The third-order valence-electron chi connectivity index (χ3n) is 9.02. The van der Waals surface area contributed by atoms with Gasteiger partial charge in [-0.05, 0) is 49.7 Å². The third-order valence-corrected chi connectivity index (χ3v) is 10.2. The summed E-state index contributed by atoms with van der Waals surface area (Å²) >= 11 is 2.04. The van der Waals surface area contributed by atoms with Crippen molar-refractivity contribution in [2.24, 2.45) is 22.7 Å². The van der Waals surface area contributed by atoms with E-state index in [-0.39, 0.29) is 22.4 Å². The number of carbonyl (C=O) groups is 2. The number of Topliss-reactive ketones (excluding diaryl/α,β-unsaturated/α-hetero) is 1. The number of carbonyl (C=O) groups excluding carboxylic acids is 2. The lowest BCUT2D eigenvalue weighted by molar-refractivity contribution is -0.160. The number of hydrogen-bond donors (Lipinski definition) is 0. The Labute approximate surface area is 172 Å². The highest BCUT2D eigenvalue weighted by molar-refractivity contribution is 8.00. The highest BCUT2D eigenvalue weighted by Gasteiger charge is 2.66. The number of fused-ring (bicyclic) bond motifs is 6. The second kappa shape index (κ2) is 6.23. The Hall–Kier alpha value is -1.03. The molecule has 0 aromatic heterocycles. The van der Waals surface area contributed by atoms with E-state index in [1.807, 2.05) is 11.8 Å². The van der Waals surface area contributed by atoms with E-state index in [0.29, 0.717) is 42.1 Å². The molecule has 152 valence electrons. The number of allylic oxidation sites excluding steroid dienone is 3. The minimum atomic E-state index is -0.244. The first-order chi connectivity index (χ1) is 13.3. The molecule has 0 bridgehead atoms. The van der Waals surface area contributed by atoms with E-state index in [9.17, 15) is 9.59 Å². The van der Waals surface area contributed by atoms with Crippen LogP contribution in [0.4, 0.5) is 0 Å². The fraction of sp³-hybridized carbons (Fsp3) is 0.750. The van der Waals surface area contributed by atoms with Crippen molar-refractivity contribution in [3.05, 3.63) is 23.3 Å². The molecule has 1 saturated heterocycles. The van der Waals surface area contributed by atoms with E-state index in [0.717, 1.165) is 37.9 Å². The monoisotopic (exact) mass is 400 g/mol. The van der Waals surface area contributed by atoms with Gasteiger partial charge in [0.1, 0.15) is 11.4 Å². The molecule has 0 N–H and O–H groups in total. The molecular formula is C24H32O3S. The Morgan fingerprint density at radius 1 is 1.18 bits per heavy atom. The van der Waals surface area contributed by atoms with Crippen LogP contribution in [0, 0.1) is 22.7 Å². The summed E-state index contributed by atoms with van der Waals surface area (Å²) in [6.07, 6.45) is 12.0. The fourth-order valence-corrected chi connectivity index (χ4v) is 8.57. The largest absolute Gasteiger partial charge is 0.458 e. The first-order valence-corrected chi connectivity index (χ1v) is 12.1. The molecule has 2 saturated carbocycles. The molecule has 1 spiro atoms. The number of ether oxygens (including phenoxy) is 1. The van der Waals surface area contributed by atoms with Crippen LogP contribution in [0.1, 0.15) is 72.1 Å². The maximum absolute atomic E-state index is 12.2. The van der Waals surface area contributed by atoms with Gasteiger partial charge >= 0.3 is 5.97 Å². The van der Waals surface area contributed by atoms with E-state index in [1.165, 1.54) is 5.57 Å². The van der Waals surface area contributed by atoms with Gasteiger partial charge in [0.2, 0.25) is 0 Å². The third kappa shape index (κ3) is 2.36. The molecule has 3 nitrogen and oxygen atoms in total. The molecule has 0 radical (unpaired) electrons. The highest BCUT2D eigenvalue weighted by Crippen LogP contribution is 2.68. The molecule has 28 heavy (non-hydrogen) atoms. The summed E-state index contributed by atoms with van der Waals surface area (Å²) in [5.41, 5.74) is 2.85. The van der Waals surface area contributed by atoms with Crippen molar-refractivity contribution in [3.8, 4) is 0 Å². The van der Waals surface area contributed by atoms with Crippen LogP contribution < -0.4 is 0 Å². The van der Waals surface area contributed by atoms with Gasteiger partial charge in [-0.2, -0.15) is 11.8 Å².